The van der Waals surface area contributed by atoms with Crippen LogP contribution in [-0.4, -0.2) is 33.4 Å². The molecule has 1 unspecified atom stereocenters. The number of nitrogens with one attached hydrogen (secondary N) is 1. The van der Waals surface area contributed by atoms with Crippen molar-refractivity contribution in [2.24, 2.45) is 0 Å². The van der Waals surface area contributed by atoms with Gasteiger partial charge in [-0.05, 0) is 50.1 Å². The summed E-state index contributed by atoms with van der Waals surface area (Å²) < 4.78 is 13.4. The number of hydrogen-bond donors (Lipinski definition) is 1. The number of ether oxygens (including phenoxy) is 2. The number of carbonyl (C=O) groups is 1. The molecule has 1 aliphatic heterocycles. The largest absolute Gasteiger partial charge is 0.493 e. The van der Waals surface area contributed by atoms with E-state index in [1.54, 1.807) is 42.6 Å². The molecule has 0 fully saturated rings. The summed E-state index contributed by atoms with van der Waals surface area (Å²) in [5.74, 6) is 2.57. The zero-order valence-corrected chi connectivity index (χ0v) is 22.2. The molecule has 0 saturated heterocycles. The molecule has 0 bridgehead atoms. The van der Waals surface area contributed by atoms with Crippen LogP contribution >= 0.6 is 35.0 Å². The van der Waals surface area contributed by atoms with E-state index >= 15 is 0 Å². The van der Waals surface area contributed by atoms with Crippen LogP contribution in [0.2, 0.25) is 10.0 Å². The van der Waals surface area contributed by atoms with E-state index in [1.807, 2.05) is 31.2 Å². The summed E-state index contributed by atoms with van der Waals surface area (Å²) in [6, 6.07) is 10.4. The highest BCUT2D eigenvalue weighted by Gasteiger charge is 2.33. The Hall–Kier alpha value is -2.68. The lowest BCUT2D eigenvalue weighted by Crippen LogP contribution is -2.27. The maximum atomic E-state index is 12.7. The fourth-order valence-corrected chi connectivity index (χ4v) is 5.06. The quantitative estimate of drug-likeness (QED) is 0.313. The molecule has 0 aliphatic carbocycles. The fourth-order valence-electron chi connectivity index (χ4n) is 3.92. The molecule has 0 radical (unpaired) electrons. The van der Waals surface area contributed by atoms with Crippen LogP contribution in [0.1, 0.15) is 44.4 Å². The lowest BCUT2D eigenvalue weighted by molar-refractivity contribution is -0.114. The highest BCUT2D eigenvalue weighted by Crippen LogP contribution is 2.40. The summed E-state index contributed by atoms with van der Waals surface area (Å²) in [4.78, 5) is 17.3. The first-order chi connectivity index (χ1) is 16.8. The van der Waals surface area contributed by atoms with Gasteiger partial charge in [-0.1, -0.05) is 54.0 Å². The van der Waals surface area contributed by atoms with Gasteiger partial charge in [-0.25, -0.2) is 4.68 Å². The molecule has 0 amide bonds. The second-order valence-electron chi connectivity index (χ2n) is 8.07. The predicted octanol–water partition coefficient (Wildman–Crippen LogP) is 6.55. The number of fused-ring (bicyclic) bond motifs is 1. The first-order valence-corrected chi connectivity index (χ1v) is 12.9. The van der Waals surface area contributed by atoms with Crippen LogP contribution in [0.5, 0.6) is 11.5 Å². The van der Waals surface area contributed by atoms with E-state index in [0.717, 1.165) is 29.0 Å². The third kappa shape index (κ3) is 5.44. The number of ketones is 1. The second-order valence-corrected chi connectivity index (χ2v) is 9.97. The molecule has 7 nitrogen and oxygen atoms in total. The van der Waals surface area contributed by atoms with Crippen LogP contribution in [0, 0.1) is 0 Å². The lowest BCUT2D eigenvalue weighted by atomic mass is 9.93. The molecule has 4 rings (SSSR count). The molecule has 0 spiro atoms. The van der Waals surface area contributed by atoms with Crippen molar-refractivity contribution in [2.45, 2.75) is 45.0 Å². The Balaban J connectivity index is 1.68. The van der Waals surface area contributed by atoms with Crippen LogP contribution < -0.4 is 14.8 Å². The predicted molar refractivity (Wildman–Crippen MR) is 140 cm³/mol. The van der Waals surface area contributed by atoms with Gasteiger partial charge in [0.1, 0.15) is 12.6 Å². The summed E-state index contributed by atoms with van der Waals surface area (Å²) in [5, 5.41) is 9.71. The van der Waals surface area contributed by atoms with Gasteiger partial charge >= 0.3 is 0 Å². The summed E-state index contributed by atoms with van der Waals surface area (Å²) in [7, 11) is 1.58. The number of rotatable bonds is 9. The second kappa shape index (κ2) is 10.9. The normalized spacial score (nSPS) is 15.0. The van der Waals surface area contributed by atoms with Crippen LogP contribution in [-0.2, 0) is 11.4 Å². The van der Waals surface area contributed by atoms with E-state index in [1.165, 1.54) is 0 Å². The highest BCUT2D eigenvalue weighted by molar-refractivity contribution is 7.99. The van der Waals surface area contributed by atoms with Gasteiger partial charge in [-0.2, -0.15) is 4.98 Å². The number of methoxy groups -OCH3 is 1. The van der Waals surface area contributed by atoms with Gasteiger partial charge in [-0.3, -0.25) is 4.79 Å². The van der Waals surface area contributed by atoms with E-state index in [-0.39, 0.29) is 12.4 Å². The van der Waals surface area contributed by atoms with Crippen molar-refractivity contribution in [3.8, 4) is 11.5 Å². The van der Waals surface area contributed by atoms with Crippen molar-refractivity contribution in [3.05, 3.63) is 68.8 Å². The molecule has 184 valence electrons. The Morgan fingerprint density at radius 3 is 2.69 bits per heavy atom. The van der Waals surface area contributed by atoms with Crippen LogP contribution in [0.4, 0.5) is 5.95 Å². The average Bonchev–Trinajstić information content (AvgIpc) is 3.23. The lowest BCUT2D eigenvalue weighted by Gasteiger charge is -2.28. The topological polar surface area (TPSA) is 78.3 Å². The molecule has 1 aromatic heterocycles. The number of Topliss-reactive ketones (excluding diaryl/α,β-unsaturated/α-hetero) is 1. The number of halogens is 2. The van der Waals surface area contributed by atoms with Gasteiger partial charge in [0.2, 0.25) is 11.1 Å². The number of aromatic nitrogens is 3. The average molecular weight is 533 g/mol. The van der Waals surface area contributed by atoms with Gasteiger partial charge in [-0.15, -0.1) is 5.10 Å². The number of thioether (sulfide) groups is 1. The van der Waals surface area contributed by atoms with E-state index in [9.17, 15) is 4.79 Å². The maximum Gasteiger partial charge on any atom is 0.227 e. The van der Waals surface area contributed by atoms with Crippen LogP contribution in [0.25, 0.3) is 0 Å². The van der Waals surface area contributed by atoms with Crippen molar-refractivity contribution >= 4 is 46.7 Å². The molecular weight excluding hydrogens is 507 g/mol. The Morgan fingerprint density at radius 1 is 1.20 bits per heavy atom. The molecular formula is C25H26Cl2N4O3S. The molecule has 1 N–H and O–H groups in total. The Labute approximate surface area is 218 Å². The monoisotopic (exact) mass is 532 g/mol. The molecule has 2 aromatic carbocycles. The van der Waals surface area contributed by atoms with Crippen molar-refractivity contribution in [2.75, 3.05) is 18.2 Å². The number of carbonyl (C=O) groups excluding carboxylic acids is 1. The van der Waals surface area contributed by atoms with Crippen molar-refractivity contribution < 1.29 is 14.3 Å². The molecule has 0 saturated carbocycles. The number of anilines is 1. The number of hydrogen-bond acceptors (Lipinski definition) is 7. The smallest absolute Gasteiger partial charge is 0.227 e. The van der Waals surface area contributed by atoms with E-state index < -0.39 is 6.04 Å². The van der Waals surface area contributed by atoms with Gasteiger partial charge in [0.25, 0.3) is 0 Å². The van der Waals surface area contributed by atoms with Crippen LogP contribution in [0.15, 0.2) is 52.8 Å². The standard InChI is InChI=1S/C25H26Cl2N4O3S/c1-5-10-35-25-29-24-28-14(2)22(15(3)32)23(31(24)30-25)16-7-9-20(21(11-16)33-4)34-13-17-6-8-18(26)12-19(17)27/h6-9,11-12,23H,5,10,13H2,1-4H3,(H,28,29,30). The minimum absolute atomic E-state index is 0.0411. The summed E-state index contributed by atoms with van der Waals surface area (Å²) in [5.41, 5.74) is 3.02. The number of benzene rings is 2. The summed E-state index contributed by atoms with van der Waals surface area (Å²) >= 11 is 13.9. The van der Waals surface area contributed by atoms with Crippen molar-refractivity contribution in [1.29, 1.82) is 0 Å². The van der Waals surface area contributed by atoms with Gasteiger partial charge < -0.3 is 14.8 Å². The zero-order valence-electron chi connectivity index (χ0n) is 19.9. The third-order valence-corrected chi connectivity index (χ3v) is 7.18. The molecule has 1 aliphatic rings. The zero-order chi connectivity index (χ0) is 25.1. The minimum Gasteiger partial charge on any atom is -0.493 e. The third-order valence-electron chi connectivity index (χ3n) is 5.55. The number of allylic oxidation sites excluding steroid dienone is 2. The summed E-state index contributed by atoms with van der Waals surface area (Å²) in [6.07, 6.45) is 1.02. The van der Waals surface area contributed by atoms with E-state index in [4.69, 9.17) is 37.8 Å². The molecule has 2 heterocycles. The first kappa shape index (κ1) is 25.4. The summed E-state index contributed by atoms with van der Waals surface area (Å²) in [6.45, 7) is 5.81. The minimum atomic E-state index is -0.444. The van der Waals surface area contributed by atoms with Crippen LogP contribution in [0.3, 0.4) is 0 Å². The van der Waals surface area contributed by atoms with Crippen molar-refractivity contribution in [1.82, 2.24) is 14.8 Å². The van der Waals surface area contributed by atoms with Crippen molar-refractivity contribution in [3.63, 3.8) is 0 Å². The number of nitrogens with zero attached hydrogens (tertiary/aromatic N) is 3. The Bertz CT molecular complexity index is 1290. The van der Waals surface area contributed by atoms with Gasteiger partial charge in [0.15, 0.2) is 17.3 Å². The van der Waals surface area contributed by atoms with E-state index in [2.05, 4.69) is 17.2 Å². The molecule has 3 aromatic rings. The molecule has 10 heteroatoms. The SMILES string of the molecule is CCCSc1nc2n(n1)C(c1ccc(OCc3ccc(Cl)cc3Cl)c(OC)c1)C(C(C)=O)=C(C)N2. The fraction of sp³-hybridized carbons (Fsp3) is 0.320. The first-order valence-electron chi connectivity index (χ1n) is 11.1. The Kier molecular flexibility index (Phi) is 7.94. The van der Waals surface area contributed by atoms with Gasteiger partial charge in [0, 0.05) is 32.6 Å². The highest BCUT2D eigenvalue weighted by atomic mass is 35.5. The van der Waals surface area contributed by atoms with E-state index in [0.29, 0.717) is 38.2 Å². The Morgan fingerprint density at radius 2 is 2.00 bits per heavy atom. The van der Waals surface area contributed by atoms with Gasteiger partial charge in [0.05, 0.1) is 7.11 Å². The maximum absolute atomic E-state index is 12.7. The molecule has 1 atom stereocenters. The molecule has 35 heavy (non-hydrogen) atoms.